The molecular formula is C12H16ClNO5S. The topological polar surface area (TPSA) is 86.5 Å². The van der Waals surface area contributed by atoms with Gasteiger partial charge >= 0.3 is 5.69 Å². The van der Waals surface area contributed by atoms with Crippen molar-refractivity contribution < 1.29 is 18.1 Å². The van der Waals surface area contributed by atoms with Gasteiger partial charge in [-0.2, -0.15) is 0 Å². The van der Waals surface area contributed by atoms with Gasteiger partial charge in [-0.05, 0) is 12.5 Å². The molecule has 8 heteroatoms. The van der Waals surface area contributed by atoms with E-state index in [4.69, 9.17) is 15.4 Å². The molecule has 0 saturated heterocycles. The highest BCUT2D eigenvalue weighted by molar-refractivity contribution is 8.13. The predicted octanol–water partition coefficient (Wildman–Crippen LogP) is 2.96. The van der Waals surface area contributed by atoms with E-state index in [9.17, 15) is 18.5 Å². The number of nitro groups is 1. The van der Waals surface area contributed by atoms with E-state index in [-0.39, 0.29) is 29.7 Å². The number of hydrogen-bond donors (Lipinski definition) is 0. The highest BCUT2D eigenvalue weighted by Gasteiger charge is 2.20. The molecule has 0 N–H and O–H groups in total. The lowest BCUT2D eigenvalue weighted by molar-refractivity contribution is -0.385. The van der Waals surface area contributed by atoms with Crippen molar-refractivity contribution in [2.45, 2.75) is 19.8 Å². The maximum atomic E-state index is 11.1. The summed E-state index contributed by atoms with van der Waals surface area (Å²) in [5.41, 5.74) is -0.142. The lowest BCUT2D eigenvalue weighted by atomic mass is 10.1. The Hall–Kier alpha value is -1.34. The van der Waals surface area contributed by atoms with Crippen LogP contribution in [0.15, 0.2) is 24.3 Å². The van der Waals surface area contributed by atoms with Crippen LogP contribution in [-0.2, 0) is 9.05 Å². The summed E-state index contributed by atoms with van der Waals surface area (Å²) in [6.07, 6.45) is 1.39. The molecule has 0 amide bonds. The van der Waals surface area contributed by atoms with E-state index in [2.05, 4.69) is 0 Å². The molecule has 0 radical (unpaired) electrons. The Kier molecular flexibility index (Phi) is 6.22. The van der Waals surface area contributed by atoms with Gasteiger partial charge in [0, 0.05) is 22.7 Å². The minimum atomic E-state index is -3.62. The monoisotopic (exact) mass is 321 g/mol. The summed E-state index contributed by atoms with van der Waals surface area (Å²) in [6, 6.07) is 5.98. The van der Waals surface area contributed by atoms with Gasteiger partial charge in [-0.25, -0.2) is 8.42 Å². The smallest absolute Gasteiger partial charge is 0.310 e. The van der Waals surface area contributed by atoms with E-state index in [1.54, 1.807) is 6.07 Å². The molecule has 1 unspecified atom stereocenters. The summed E-state index contributed by atoms with van der Waals surface area (Å²) < 4.78 is 27.6. The second-order valence-corrected chi connectivity index (χ2v) is 7.22. The molecule has 0 saturated carbocycles. The van der Waals surface area contributed by atoms with Crippen LogP contribution < -0.4 is 4.74 Å². The van der Waals surface area contributed by atoms with Crippen LogP contribution in [0.3, 0.4) is 0 Å². The summed E-state index contributed by atoms with van der Waals surface area (Å²) >= 11 is 0. The van der Waals surface area contributed by atoms with Crippen molar-refractivity contribution in [1.82, 2.24) is 0 Å². The molecule has 0 fully saturated rings. The maximum absolute atomic E-state index is 11.1. The lowest BCUT2D eigenvalue weighted by Crippen LogP contribution is -2.20. The standard InChI is InChI=1S/C12H16ClNO5S/c1-2-5-10(9-20(13,17)18)8-19-12-7-4-3-6-11(12)14(15)16/h3-4,6-7,10H,2,5,8-9H2,1H3. The molecule has 1 aromatic rings. The molecule has 0 aliphatic rings. The fourth-order valence-electron chi connectivity index (χ4n) is 1.84. The fourth-order valence-corrected chi connectivity index (χ4v) is 3.20. The Labute approximate surface area is 122 Å². The summed E-state index contributed by atoms with van der Waals surface area (Å²) in [6.45, 7) is 1.99. The maximum Gasteiger partial charge on any atom is 0.310 e. The number of halogens is 1. The van der Waals surface area contributed by atoms with Crippen molar-refractivity contribution in [1.29, 1.82) is 0 Å². The molecule has 1 atom stereocenters. The highest BCUT2D eigenvalue weighted by atomic mass is 35.7. The predicted molar refractivity (Wildman–Crippen MR) is 76.6 cm³/mol. The average Bonchev–Trinajstić information content (AvgIpc) is 2.34. The Bertz CT molecular complexity index is 561. The summed E-state index contributed by atoms with van der Waals surface area (Å²) in [4.78, 5) is 10.3. The van der Waals surface area contributed by atoms with Crippen LogP contribution in [-0.4, -0.2) is 25.7 Å². The molecule has 0 aromatic heterocycles. The largest absolute Gasteiger partial charge is 0.486 e. The van der Waals surface area contributed by atoms with Crippen LogP contribution in [0, 0.1) is 16.0 Å². The normalized spacial score (nSPS) is 12.9. The number of ether oxygens (including phenoxy) is 1. The van der Waals surface area contributed by atoms with Gasteiger partial charge < -0.3 is 4.74 Å². The number of nitro benzene ring substituents is 1. The third-order valence-electron chi connectivity index (χ3n) is 2.67. The SMILES string of the molecule is CCCC(COc1ccccc1[N+](=O)[O-])CS(=O)(=O)Cl. The second kappa shape index (κ2) is 7.44. The zero-order valence-electron chi connectivity index (χ0n) is 11.0. The van der Waals surface area contributed by atoms with E-state index >= 15 is 0 Å². The molecule has 0 heterocycles. The van der Waals surface area contributed by atoms with Gasteiger partial charge in [0.1, 0.15) is 0 Å². The molecule has 20 heavy (non-hydrogen) atoms. The van der Waals surface area contributed by atoms with E-state index in [0.29, 0.717) is 6.42 Å². The van der Waals surface area contributed by atoms with Gasteiger partial charge in [0.15, 0.2) is 5.75 Å². The van der Waals surface area contributed by atoms with Crippen molar-refractivity contribution in [3.8, 4) is 5.75 Å². The Morgan fingerprint density at radius 1 is 1.40 bits per heavy atom. The summed E-state index contributed by atoms with van der Waals surface area (Å²) in [7, 11) is 1.62. The molecule has 1 rings (SSSR count). The van der Waals surface area contributed by atoms with Gasteiger partial charge in [0.2, 0.25) is 9.05 Å². The van der Waals surface area contributed by atoms with Crippen LogP contribution in [0.1, 0.15) is 19.8 Å². The molecule has 1 aromatic carbocycles. The number of nitrogens with zero attached hydrogens (tertiary/aromatic N) is 1. The minimum Gasteiger partial charge on any atom is -0.486 e. The Morgan fingerprint density at radius 2 is 2.05 bits per heavy atom. The molecule has 112 valence electrons. The molecule has 0 bridgehead atoms. The van der Waals surface area contributed by atoms with Gasteiger partial charge in [0.05, 0.1) is 17.3 Å². The van der Waals surface area contributed by atoms with Crippen molar-refractivity contribution in [2.24, 2.45) is 5.92 Å². The molecule has 6 nitrogen and oxygen atoms in total. The average molecular weight is 322 g/mol. The second-order valence-electron chi connectivity index (χ2n) is 4.40. The highest BCUT2D eigenvalue weighted by Crippen LogP contribution is 2.27. The van der Waals surface area contributed by atoms with Crippen molar-refractivity contribution in [2.75, 3.05) is 12.4 Å². The zero-order valence-corrected chi connectivity index (χ0v) is 12.6. The van der Waals surface area contributed by atoms with E-state index < -0.39 is 14.0 Å². The van der Waals surface area contributed by atoms with Crippen LogP contribution >= 0.6 is 10.7 Å². The van der Waals surface area contributed by atoms with Gasteiger partial charge in [-0.3, -0.25) is 10.1 Å². The van der Waals surface area contributed by atoms with E-state index in [1.807, 2.05) is 6.92 Å². The minimum absolute atomic E-state index is 0.0741. The molecular weight excluding hydrogens is 306 g/mol. The van der Waals surface area contributed by atoms with Crippen LogP contribution in [0.4, 0.5) is 5.69 Å². The summed E-state index contributed by atoms with van der Waals surface area (Å²) in [5.74, 6) is -0.365. The molecule has 0 spiro atoms. The third-order valence-corrected chi connectivity index (χ3v) is 3.92. The first-order valence-corrected chi connectivity index (χ1v) is 8.60. The number of para-hydroxylation sites is 2. The van der Waals surface area contributed by atoms with Gasteiger partial charge in [-0.15, -0.1) is 0 Å². The molecule has 0 aliphatic carbocycles. The molecule has 0 aliphatic heterocycles. The summed E-state index contributed by atoms with van der Waals surface area (Å²) in [5, 5.41) is 10.8. The van der Waals surface area contributed by atoms with Crippen molar-refractivity contribution in [3.63, 3.8) is 0 Å². The zero-order chi connectivity index (χ0) is 15.2. The van der Waals surface area contributed by atoms with Crippen LogP contribution in [0.2, 0.25) is 0 Å². The number of rotatable bonds is 8. The Morgan fingerprint density at radius 3 is 2.60 bits per heavy atom. The van der Waals surface area contributed by atoms with Crippen LogP contribution in [0.5, 0.6) is 5.75 Å². The first kappa shape index (κ1) is 16.7. The number of benzene rings is 1. The number of hydrogen-bond acceptors (Lipinski definition) is 5. The first-order chi connectivity index (χ1) is 9.33. The quantitative estimate of drug-likeness (QED) is 0.417. The third kappa shape index (κ3) is 5.75. The van der Waals surface area contributed by atoms with Gasteiger partial charge in [0.25, 0.3) is 0 Å². The van der Waals surface area contributed by atoms with E-state index in [1.165, 1.54) is 18.2 Å². The van der Waals surface area contributed by atoms with E-state index in [0.717, 1.165) is 6.42 Å². The van der Waals surface area contributed by atoms with Gasteiger partial charge in [-0.1, -0.05) is 25.5 Å². The van der Waals surface area contributed by atoms with Crippen molar-refractivity contribution in [3.05, 3.63) is 34.4 Å². The fraction of sp³-hybridized carbons (Fsp3) is 0.500. The Balaban J connectivity index is 2.75. The van der Waals surface area contributed by atoms with Crippen molar-refractivity contribution >= 4 is 25.4 Å². The lowest BCUT2D eigenvalue weighted by Gasteiger charge is -2.15. The van der Waals surface area contributed by atoms with Crippen LogP contribution in [0.25, 0.3) is 0 Å². The first-order valence-electron chi connectivity index (χ1n) is 6.12.